The highest BCUT2D eigenvalue weighted by Crippen LogP contribution is 2.22. The first kappa shape index (κ1) is 15.6. The predicted molar refractivity (Wildman–Crippen MR) is 94.3 cm³/mol. The maximum absolute atomic E-state index is 3.57. The molecule has 0 amide bonds. The van der Waals surface area contributed by atoms with Gasteiger partial charge in [0.2, 0.25) is 0 Å². The molecule has 2 atom stereocenters. The molecule has 3 rings (SSSR count). The van der Waals surface area contributed by atoms with E-state index in [0.29, 0.717) is 6.04 Å². The van der Waals surface area contributed by atoms with Crippen molar-refractivity contribution in [2.24, 2.45) is 5.92 Å². The molecule has 22 heavy (non-hydrogen) atoms. The Hall–Kier alpha value is -1.32. The summed E-state index contributed by atoms with van der Waals surface area (Å²) in [6.45, 7) is 5.86. The van der Waals surface area contributed by atoms with E-state index in [9.17, 15) is 0 Å². The summed E-state index contributed by atoms with van der Waals surface area (Å²) in [5.41, 5.74) is 2.70. The van der Waals surface area contributed by atoms with E-state index in [0.717, 1.165) is 18.9 Å². The van der Waals surface area contributed by atoms with E-state index < -0.39 is 0 Å². The highest BCUT2D eigenvalue weighted by atomic mass is 15.1. The van der Waals surface area contributed by atoms with Crippen LogP contribution in [0.2, 0.25) is 0 Å². The Kier molecular flexibility index (Phi) is 5.16. The van der Waals surface area contributed by atoms with Gasteiger partial charge < -0.3 is 15.2 Å². The van der Waals surface area contributed by atoms with Crippen molar-refractivity contribution in [3.8, 4) is 0 Å². The Labute approximate surface area is 134 Å². The maximum Gasteiger partial charge on any atom is 0.0456 e. The zero-order valence-corrected chi connectivity index (χ0v) is 13.9. The van der Waals surface area contributed by atoms with E-state index in [-0.39, 0.29) is 0 Å². The molecular weight excluding hydrogens is 270 g/mol. The molecule has 0 radical (unpaired) electrons. The lowest BCUT2D eigenvalue weighted by Gasteiger charge is -2.36. The van der Waals surface area contributed by atoms with Gasteiger partial charge in [0, 0.05) is 29.7 Å². The van der Waals surface area contributed by atoms with Gasteiger partial charge in [-0.05, 0) is 63.4 Å². The fraction of sp³-hybridized carbons (Fsp3) is 0.579. The van der Waals surface area contributed by atoms with Gasteiger partial charge in [0.15, 0.2) is 0 Å². The van der Waals surface area contributed by atoms with Gasteiger partial charge in [-0.1, -0.05) is 25.1 Å². The first-order valence-corrected chi connectivity index (χ1v) is 8.75. The third kappa shape index (κ3) is 3.36. The number of rotatable bonds is 6. The molecule has 120 valence electrons. The summed E-state index contributed by atoms with van der Waals surface area (Å²) in [7, 11) is 2.30. The molecule has 0 bridgehead atoms. The van der Waals surface area contributed by atoms with Crippen molar-refractivity contribution in [1.29, 1.82) is 0 Å². The predicted octanol–water partition coefficient (Wildman–Crippen LogP) is 3.42. The molecule has 1 aliphatic rings. The molecule has 1 aromatic heterocycles. The number of benzene rings is 1. The van der Waals surface area contributed by atoms with Crippen LogP contribution in [0.25, 0.3) is 10.9 Å². The summed E-state index contributed by atoms with van der Waals surface area (Å²) in [5.74, 6) is 0.812. The van der Waals surface area contributed by atoms with Gasteiger partial charge in [0.25, 0.3) is 0 Å². The first-order valence-electron chi connectivity index (χ1n) is 8.75. The van der Waals surface area contributed by atoms with Crippen LogP contribution in [0.5, 0.6) is 0 Å². The second-order valence-electron chi connectivity index (χ2n) is 6.67. The molecule has 2 aromatic rings. The van der Waals surface area contributed by atoms with Crippen LogP contribution < -0.4 is 5.32 Å². The number of likely N-dealkylation sites (N-methyl/N-ethyl adjacent to an activating group) is 1. The van der Waals surface area contributed by atoms with Crippen LogP contribution in [0, 0.1) is 5.92 Å². The zero-order valence-electron chi connectivity index (χ0n) is 13.9. The summed E-state index contributed by atoms with van der Waals surface area (Å²) in [4.78, 5) is 5.97. The average Bonchev–Trinajstić information content (AvgIpc) is 2.98. The van der Waals surface area contributed by atoms with E-state index in [1.54, 1.807) is 0 Å². The standard InChI is InChI=1S/C19H29N3/c1-3-19(16-7-6-11-20-13-16)22(2)12-10-15-14-21-18-9-5-4-8-17(15)18/h4-5,8-9,14,16,19-21H,3,6-7,10-13H2,1-2H3. The number of nitrogens with one attached hydrogen (secondary N) is 2. The van der Waals surface area contributed by atoms with Crippen LogP contribution in [0.15, 0.2) is 30.5 Å². The molecule has 3 nitrogen and oxygen atoms in total. The highest BCUT2D eigenvalue weighted by molar-refractivity contribution is 5.83. The number of para-hydroxylation sites is 1. The van der Waals surface area contributed by atoms with Crippen LogP contribution in [0.1, 0.15) is 31.7 Å². The van der Waals surface area contributed by atoms with Crippen molar-refractivity contribution in [2.45, 2.75) is 38.6 Å². The van der Waals surface area contributed by atoms with Crippen LogP contribution in [-0.4, -0.2) is 42.6 Å². The van der Waals surface area contributed by atoms with Gasteiger partial charge in [-0.15, -0.1) is 0 Å². The molecule has 2 unspecified atom stereocenters. The normalized spacial score (nSPS) is 20.6. The SMILES string of the molecule is CCC(C1CCCNC1)N(C)CCc1c[nH]c2ccccc12. The fourth-order valence-corrected chi connectivity index (χ4v) is 4.01. The fourth-order valence-electron chi connectivity index (χ4n) is 4.01. The molecule has 1 aliphatic heterocycles. The molecule has 0 saturated carbocycles. The van der Waals surface area contributed by atoms with E-state index in [2.05, 4.69) is 59.6 Å². The summed E-state index contributed by atoms with van der Waals surface area (Å²) in [6.07, 6.45) is 7.26. The third-order valence-electron chi connectivity index (χ3n) is 5.27. The van der Waals surface area contributed by atoms with E-state index in [4.69, 9.17) is 0 Å². The zero-order chi connectivity index (χ0) is 15.4. The minimum absolute atomic E-state index is 0.706. The average molecular weight is 299 g/mol. The van der Waals surface area contributed by atoms with Gasteiger partial charge >= 0.3 is 0 Å². The van der Waals surface area contributed by atoms with Gasteiger partial charge in [-0.2, -0.15) is 0 Å². The Morgan fingerprint density at radius 3 is 2.95 bits per heavy atom. The Morgan fingerprint density at radius 2 is 2.18 bits per heavy atom. The molecule has 2 N–H and O–H groups in total. The van der Waals surface area contributed by atoms with Gasteiger partial charge in [-0.3, -0.25) is 0 Å². The topological polar surface area (TPSA) is 31.1 Å². The Balaban J connectivity index is 1.61. The quantitative estimate of drug-likeness (QED) is 0.856. The molecule has 1 fully saturated rings. The van der Waals surface area contributed by atoms with E-state index in [1.807, 2.05) is 0 Å². The molecule has 0 aliphatic carbocycles. The number of fused-ring (bicyclic) bond motifs is 1. The smallest absolute Gasteiger partial charge is 0.0456 e. The van der Waals surface area contributed by atoms with Crippen molar-refractivity contribution in [3.05, 3.63) is 36.0 Å². The van der Waals surface area contributed by atoms with Crippen molar-refractivity contribution >= 4 is 10.9 Å². The summed E-state index contributed by atoms with van der Waals surface area (Å²) in [5, 5.41) is 4.94. The lowest BCUT2D eigenvalue weighted by molar-refractivity contribution is 0.149. The molecule has 0 spiro atoms. The number of hydrogen-bond acceptors (Lipinski definition) is 2. The van der Waals surface area contributed by atoms with Crippen molar-refractivity contribution < 1.29 is 0 Å². The van der Waals surface area contributed by atoms with Crippen LogP contribution in [-0.2, 0) is 6.42 Å². The summed E-state index contributed by atoms with van der Waals surface area (Å²) < 4.78 is 0. The third-order valence-corrected chi connectivity index (χ3v) is 5.27. The van der Waals surface area contributed by atoms with Crippen molar-refractivity contribution in [1.82, 2.24) is 15.2 Å². The Bertz CT molecular complexity index is 583. The van der Waals surface area contributed by atoms with Crippen molar-refractivity contribution in [2.75, 3.05) is 26.7 Å². The molecule has 1 saturated heterocycles. The summed E-state index contributed by atoms with van der Waals surface area (Å²) in [6, 6.07) is 9.32. The Morgan fingerprint density at radius 1 is 1.32 bits per heavy atom. The van der Waals surface area contributed by atoms with E-state index >= 15 is 0 Å². The van der Waals surface area contributed by atoms with Crippen LogP contribution >= 0.6 is 0 Å². The second kappa shape index (κ2) is 7.30. The molecule has 3 heteroatoms. The van der Waals surface area contributed by atoms with Crippen LogP contribution in [0.3, 0.4) is 0 Å². The lowest BCUT2D eigenvalue weighted by atomic mass is 9.89. The minimum atomic E-state index is 0.706. The molecule has 1 aromatic carbocycles. The van der Waals surface area contributed by atoms with Gasteiger partial charge in [0.1, 0.15) is 0 Å². The van der Waals surface area contributed by atoms with E-state index in [1.165, 1.54) is 48.8 Å². The summed E-state index contributed by atoms with van der Waals surface area (Å²) >= 11 is 0. The highest BCUT2D eigenvalue weighted by Gasteiger charge is 2.25. The second-order valence-corrected chi connectivity index (χ2v) is 6.67. The van der Waals surface area contributed by atoms with Crippen LogP contribution in [0.4, 0.5) is 0 Å². The van der Waals surface area contributed by atoms with Crippen molar-refractivity contribution in [3.63, 3.8) is 0 Å². The molecule has 2 heterocycles. The minimum Gasteiger partial charge on any atom is -0.361 e. The lowest BCUT2D eigenvalue weighted by Crippen LogP contribution is -2.45. The number of H-pyrrole nitrogens is 1. The number of nitrogens with zero attached hydrogens (tertiary/aromatic N) is 1. The van der Waals surface area contributed by atoms with Gasteiger partial charge in [0.05, 0.1) is 0 Å². The number of hydrogen-bond donors (Lipinski definition) is 2. The number of aromatic nitrogens is 1. The monoisotopic (exact) mass is 299 g/mol. The van der Waals surface area contributed by atoms with Gasteiger partial charge in [-0.25, -0.2) is 0 Å². The number of aromatic amines is 1. The largest absolute Gasteiger partial charge is 0.361 e. The maximum atomic E-state index is 3.57. The first-order chi connectivity index (χ1) is 10.8. The number of piperidine rings is 1. The molecular formula is C19H29N3.